The molecule has 7 aromatic carbocycles. The van der Waals surface area contributed by atoms with Gasteiger partial charge < -0.3 is 16.4 Å². The fraction of sp³-hybridized carbons (Fsp3) is 0. The Hall–Kier alpha value is -5.93. The van der Waals surface area contributed by atoms with Crippen LogP contribution in [-0.4, -0.2) is 13.4 Å². The van der Waals surface area contributed by atoms with E-state index in [1.54, 1.807) is 0 Å². The molecule has 2 aliphatic rings. The van der Waals surface area contributed by atoms with Crippen LogP contribution in [0.4, 0.5) is 28.4 Å². The zero-order chi connectivity index (χ0) is 31.5. The van der Waals surface area contributed by atoms with Crippen molar-refractivity contribution in [2.24, 2.45) is 0 Å². The highest BCUT2D eigenvalue weighted by Gasteiger charge is 2.43. The van der Waals surface area contributed by atoms with Crippen molar-refractivity contribution < 1.29 is 0 Å². The van der Waals surface area contributed by atoms with E-state index in [0.717, 1.165) is 22.5 Å². The van der Waals surface area contributed by atoms with Crippen molar-refractivity contribution in [1.29, 1.82) is 0 Å². The van der Waals surface area contributed by atoms with Crippen molar-refractivity contribution in [2.45, 2.75) is 0 Å². The number of hydrogen-bond acceptors (Lipinski definition) is 3. The van der Waals surface area contributed by atoms with Crippen molar-refractivity contribution in [2.75, 3.05) is 16.4 Å². The topological polar surface area (TPSA) is 55.3 Å². The minimum atomic E-state index is 0.0816. The molecule has 0 atom stereocenters. The minimum Gasteiger partial charge on any atom is -0.399 e. The predicted molar refractivity (Wildman–Crippen MR) is 203 cm³/mol. The molecule has 4 N–H and O–H groups in total. The molecule has 2 heterocycles. The molecule has 47 heavy (non-hydrogen) atoms. The number of hydrogen-bond donors (Lipinski definition) is 2. The van der Waals surface area contributed by atoms with Crippen molar-refractivity contribution in [3.63, 3.8) is 0 Å². The summed E-state index contributed by atoms with van der Waals surface area (Å²) in [6.45, 7) is 0.163. The molecular weight excluding hydrogens is 568 g/mol. The highest BCUT2D eigenvalue weighted by molar-refractivity contribution is 7.02. The smallest absolute Gasteiger partial charge is 0.246 e. The summed E-state index contributed by atoms with van der Waals surface area (Å²) in [5.74, 6) is 0. The van der Waals surface area contributed by atoms with Crippen LogP contribution >= 0.6 is 0 Å². The summed E-state index contributed by atoms with van der Waals surface area (Å²) in [5.41, 5.74) is 29.9. The van der Waals surface area contributed by atoms with Gasteiger partial charge in [0.25, 0.3) is 0 Å². The lowest BCUT2D eigenvalue weighted by molar-refractivity contribution is 1.30. The molecular formula is C42H31B2N3. The SMILES string of the molecule is Nc1ccc(-c2ccc3c(c2)B(c2ccccc2)c2cccc4c2N3c2ccc(-c3ccc(N)cc3)cc2B4c2ccccc2)cc1. The van der Waals surface area contributed by atoms with Gasteiger partial charge in [-0.1, -0.05) is 138 Å². The third-order valence-corrected chi connectivity index (χ3v) is 9.86. The Labute approximate surface area is 276 Å². The molecule has 7 aromatic rings. The largest absolute Gasteiger partial charge is 0.399 e. The van der Waals surface area contributed by atoms with Crippen molar-refractivity contribution in [1.82, 2.24) is 0 Å². The monoisotopic (exact) mass is 599 g/mol. The molecule has 0 radical (unpaired) electrons. The zero-order valence-corrected chi connectivity index (χ0v) is 25.8. The summed E-state index contributed by atoms with van der Waals surface area (Å²) in [6, 6.07) is 59.1. The molecule has 0 unspecified atom stereocenters. The highest BCUT2D eigenvalue weighted by Crippen LogP contribution is 2.39. The van der Waals surface area contributed by atoms with Crippen molar-refractivity contribution in [3.05, 3.63) is 164 Å². The van der Waals surface area contributed by atoms with Gasteiger partial charge in [-0.25, -0.2) is 0 Å². The van der Waals surface area contributed by atoms with E-state index >= 15 is 0 Å². The second-order valence-corrected chi connectivity index (χ2v) is 12.6. The summed E-state index contributed by atoms with van der Waals surface area (Å²) in [4.78, 5) is 2.52. The first-order valence-corrected chi connectivity index (χ1v) is 16.2. The molecule has 9 rings (SSSR count). The van der Waals surface area contributed by atoms with E-state index in [1.165, 1.54) is 61.0 Å². The van der Waals surface area contributed by atoms with Gasteiger partial charge in [0.1, 0.15) is 0 Å². The van der Waals surface area contributed by atoms with Gasteiger partial charge in [0.15, 0.2) is 0 Å². The van der Waals surface area contributed by atoms with Crippen LogP contribution in [0.25, 0.3) is 22.3 Å². The van der Waals surface area contributed by atoms with Crippen LogP contribution in [0, 0.1) is 0 Å². The molecule has 0 saturated carbocycles. The molecule has 3 nitrogen and oxygen atoms in total. The number of nitrogens with two attached hydrogens (primary N) is 2. The maximum atomic E-state index is 6.06. The second-order valence-electron chi connectivity index (χ2n) is 12.6. The van der Waals surface area contributed by atoms with Gasteiger partial charge in [0.05, 0.1) is 0 Å². The Morgan fingerprint density at radius 1 is 0.362 bits per heavy atom. The van der Waals surface area contributed by atoms with Gasteiger partial charge in [-0.3, -0.25) is 0 Å². The van der Waals surface area contributed by atoms with Gasteiger partial charge in [-0.2, -0.15) is 0 Å². The molecule has 0 fully saturated rings. The van der Waals surface area contributed by atoms with Crippen LogP contribution in [0.5, 0.6) is 0 Å². The number of nitrogens with zero attached hydrogens (tertiary/aromatic N) is 1. The zero-order valence-electron chi connectivity index (χ0n) is 25.8. The van der Waals surface area contributed by atoms with Crippen LogP contribution in [-0.2, 0) is 0 Å². The molecule has 5 heteroatoms. The highest BCUT2D eigenvalue weighted by atomic mass is 15.2. The summed E-state index contributed by atoms with van der Waals surface area (Å²) in [5, 5.41) is 0. The molecule has 0 saturated heterocycles. The van der Waals surface area contributed by atoms with Crippen LogP contribution in [0.1, 0.15) is 0 Å². The minimum absolute atomic E-state index is 0.0816. The number of rotatable bonds is 4. The van der Waals surface area contributed by atoms with Gasteiger partial charge in [0.2, 0.25) is 13.4 Å². The summed E-state index contributed by atoms with van der Waals surface area (Å²) < 4.78 is 0. The summed E-state index contributed by atoms with van der Waals surface area (Å²) in [7, 11) is 0. The molecule has 2 aliphatic heterocycles. The number of nitrogen functional groups attached to an aromatic ring is 2. The predicted octanol–water partition coefficient (Wildman–Crippen LogP) is 5.31. The van der Waals surface area contributed by atoms with E-state index in [0.29, 0.717) is 0 Å². The van der Waals surface area contributed by atoms with E-state index < -0.39 is 0 Å². The van der Waals surface area contributed by atoms with E-state index in [-0.39, 0.29) is 13.4 Å². The molecule has 0 aromatic heterocycles. The lowest BCUT2D eigenvalue weighted by Crippen LogP contribution is -2.65. The van der Waals surface area contributed by atoms with Gasteiger partial charge >= 0.3 is 0 Å². The van der Waals surface area contributed by atoms with E-state index in [1.807, 2.05) is 24.3 Å². The lowest BCUT2D eigenvalue weighted by atomic mass is 9.30. The first-order valence-electron chi connectivity index (χ1n) is 16.2. The number of benzene rings is 7. The first-order chi connectivity index (χ1) is 23.1. The van der Waals surface area contributed by atoms with Crippen LogP contribution in [0.3, 0.4) is 0 Å². The van der Waals surface area contributed by atoms with Gasteiger partial charge in [-0.15, -0.1) is 0 Å². The van der Waals surface area contributed by atoms with E-state index in [4.69, 9.17) is 11.5 Å². The van der Waals surface area contributed by atoms with E-state index in [9.17, 15) is 0 Å². The average Bonchev–Trinajstić information content (AvgIpc) is 3.12. The molecule has 0 spiro atoms. The quantitative estimate of drug-likeness (QED) is 0.213. The van der Waals surface area contributed by atoms with Gasteiger partial charge in [-0.05, 0) is 80.5 Å². The first kappa shape index (κ1) is 27.4. The number of para-hydroxylation sites is 1. The van der Waals surface area contributed by atoms with Crippen LogP contribution in [0.2, 0.25) is 0 Å². The molecule has 0 aliphatic carbocycles. The number of fused-ring (bicyclic) bond motifs is 4. The average molecular weight is 599 g/mol. The summed E-state index contributed by atoms with van der Waals surface area (Å²) >= 11 is 0. The normalized spacial score (nSPS) is 12.7. The molecule has 220 valence electrons. The van der Waals surface area contributed by atoms with Crippen LogP contribution in [0.15, 0.2) is 164 Å². The van der Waals surface area contributed by atoms with Crippen molar-refractivity contribution >= 4 is 74.6 Å². The maximum Gasteiger partial charge on any atom is 0.246 e. The Morgan fingerprint density at radius 3 is 1.19 bits per heavy atom. The Kier molecular flexibility index (Phi) is 6.32. The van der Waals surface area contributed by atoms with Crippen molar-refractivity contribution in [3.8, 4) is 22.3 Å². The standard InChI is InChI=1S/C42H31B2N3/c45-34-20-14-28(15-21-34)30-18-24-40-38(26-30)43(32-8-3-1-4-9-32)36-12-7-13-37-42(36)47(40)41-25-19-31(29-16-22-35(46)23-17-29)27-39(41)44(37)33-10-5-2-6-11-33/h1-27H,45-46H2. The Morgan fingerprint density at radius 2 is 0.766 bits per heavy atom. The fourth-order valence-electron chi connectivity index (χ4n) is 7.71. The van der Waals surface area contributed by atoms with Crippen LogP contribution < -0.4 is 49.1 Å². The molecule has 0 bridgehead atoms. The molecule has 0 amide bonds. The Balaban J connectivity index is 1.32. The Bertz CT molecular complexity index is 2110. The van der Waals surface area contributed by atoms with Gasteiger partial charge in [0, 0.05) is 28.4 Å². The number of anilines is 5. The second kappa shape index (κ2) is 10.9. The third-order valence-electron chi connectivity index (χ3n) is 9.86. The lowest BCUT2D eigenvalue weighted by Gasteiger charge is -2.44. The van der Waals surface area contributed by atoms with E-state index in [2.05, 4.69) is 144 Å². The fourth-order valence-corrected chi connectivity index (χ4v) is 7.71. The summed E-state index contributed by atoms with van der Waals surface area (Å²) in [6.07, 6.45) is 0. The maximum absolute atomic E-state index is 6.06. The third kappa shape index (κ3) is 4.46.